The van der Waals surface area contributed by atoms with Crippen molar-refractivity contribution in [3.63, 3.8) is 0 Å². The molecule has 1 fully saturated rings. The number of carbonyl (C=O) groups excluding carboxylic acids is 1. The van der Waals surface area contributed by atoms with Gasteiger partial charge in [-0.3, -0.25) is 15.2 Å². The number of anilines is 1. The Kier molecular flexibility index (Phi) is 7.27. The van der Waals surface area contributed by atoms with Crippen LogP contribution in [0.3, 0.4) is 0 Å². The number of hydrazone groups is 1. The lowest BCUT2D eigenvalue weighted by Gasteiger charge is -2.28. The molecule has 2 heterocycles. The van der Waals surface area contributed by atoms with Crippen molar-refractivity contribution in [3.8, 4) is 0 Å². The Bertz CT molecular complexity index is 1010. The molecule has 4 rings (SSSR count). The smallest absolute Gasteiger partial charge is 0.282 e. The topological polar surface area (TPSA) is 57.2 Å². The molecule has 2 aromatic carbocycles. The summed E-state index contributed by atoms with van der Waals surface area (Å²) in [4.78, 5) is 13.3. The lowest BCUT2D eigenvalue weighted by atomic mass is 9.91. The largest absolute Gasteiger partial charge is 0.383 e. The minimum Gasteiger partial charge on any atom is -0.383 e. The molecule has 0 spiro atoms. The Morgan fingerprint density at radius 2 is 1.88 bits per heavy atom. The van der Waals surface area contributed by atoms with Crippen molar-refractivity contribution in [2.45, 2.75) is 31.8 Å². The van der Waals surface area contributed by atoms with E-state index in [1.807, 2.05) is 42.3 Å². The van der Waals surface area contributed by atoms with Gasteiger partial charge in [-0.25, -0.2) is 5.01 Å². The van der Waals surface area contributed by atoms with Gasteiger partial charge in [0.25, 0.3) is 5.91 Å². The summed E-state index contributed by atoms with van der Waals surface area (Å²) in [6, 6.07) is 12.8. The van der Waals surface area contributed by atoms with Gasteiger partial charge in [0, 0.05) is 29.6 Å². The summed E-state index contributed by atoms with van der Waals surface area (Å²) in [6.45, 7) is 3.36. The number of nitrogens with zero attached hydrogens (tertiary/aromatic N) is 3. The highest BCUT2D eigenvalue weighted by molar-refractivity contribution is 6.41. The van der Waals surface area contributed by atoms with E-state index in [9.17, 15) is 4.79 Å². The van der Waals surface area contributed by atoms with E-state index >= 15 is 0 Å². The minimum atomic E-state index is -0.222. The van der Waals surface area contributed by atoms with Crippen molar-refractivity contribution in [1.29, 1.82) is 0 Å². The summed E-state index contributed by atoms with van der Waals surface area (Å²) in [5.74, 6) is -0.404. The first-order valence-corrected chi connectivity index (χ1v) is 11.7. The third-order valence-corrected chi connectivity index (χ3v) is 6.76. The number of hydrogen-bond acceptors (Lipinski definition) is 5. The average molecular weight is 496 g/mol. The monoisotopic (exact) mass is 494 g/mol. The fourth-order valence-corrected chi connectivity index (χ4v) is 5.00. The third kappa shape index (κ3) is 4.75. The van der Waals surface area contributed by atoms with Gasteiger partial charge in [0.2, 0.25) is 0 Å². The molecule has 6 nitrogen and oxygen atoms in total. The van der Waals surface area contributed by atoms with E-state index in [1.165, 1.54) is 0 Å². The Morgan fingerprint density at radius 1 is 1.16 bits per heavy atom. The second-order valence-corrected chi connectivity index (χ2v) is 9.38. The van der Waals surface area contributed by atoms with Crippen molar-refractivity contribution in [2.24, 2.45) is 11.0 Å². The molecule has 170 valence electrons. The highest BCUT2D eigenvalue weighted by atomic mass is 35.5. The number of ether oxygens (including phenoxy) is 1. The van der Waals surface area contributed by atoms with Crippen LogP contribution < -0.4 is 10.4 Å². The molecule has 9 heteroatoms. The number of methoxy groups -OCH3 is 1. The predicted molar refractivity (Wildman–Crippen MR) is 129 cm³/mol. The van der Waals surface area contributed by atoms with Crippen LogP contribution in [-0.4, -0.2) is 42.9 Å². The molecular formula is C23H25Cl3N4O2. The zero-order chi connectivity index (χ0) is 22.8. The fourth-order valence-electron chi connectivity index (χ4n) is 4.38. The maximum atomic E-state index is 13.3. The molecule has 0 aromatic heterocycles. The SMILES string of the molecule is COC[C@H]1CCCN1NC(=O)C1=NN(c2ccc(Cl)cc2Cl)[C@@H](c2ccc(Cl)cc2)[C@H]1C. The van der Waals surface area contributed by atoms with Crippen LogP contribution in [0.25, 0.3) is 0 Å². The van der Waals surface area contributed by atoms with Gasteiger partial charge in [-0.05, 0) is 48.7 Å². The molecule has 2 aliphatic rings. The Hall–Kier alpha value is -1.83. The van der Waals surface area contributed by atoms with Crippen LogP contribution in [0.2, 0.25) is 15.1 Å². The Labute approximate surface area is 203 Å². The molecule has 2 aromatic rings. The van der Waals surface area contributed by atoms with Gasteiger partial charge in [-0.2, -0.15) is 5.10 Å². The van der Waals surface area contributed by atoms with Gasteiger partial charge >= 0.3 is 0 Å². The molecule has 2 aliphatic heterocycles. The van der Waals surface area contributed by atoms with Crippen LogP contribution >= 0.6 is 34.8 Å². The van der Waals surface area contributed by atoms with Crippen molar-refractivity contribution >= 4 is 52.1 Å². The second kappa shape index (κ2) is 9.98. The zero-order valence-electron chi connectivity index (χ0n) is 17.9. The second-order valence-electron chi connectivity index (χ2n) is 8.10. The van der Waals surface area contributed by atoms with Gasteiger partial charge in [0.05, 0.1) is 29.4 Å². The Morgan fingerprint density at radius 3 is 2.56 bits per heavy atom. The third-order valence-electron chi connectivity index (χ3n) is 5.97. The van der Waals surface area contributed by atoms with Crippen LogP contribution in [0.5, 0.6) is 0 Å². The number of halogens is 3. The summed E-state index contributed by atoms with van der Waals surface area (Å²) >= 11 is 18.7. The molecule has 0 saturated carbocycles. The number of nitrogens with one attached hydrogen (secondary N) is 1. The lowest BCUT2D eigenvalue weighted by Crippen LogP contribution is -2.49. The van der Waals surface area contributed by atoms with E-state index in [4.69, 9.17) is 44.6 Å². The van der Waals surface area contributed by atoms with Gasteiger partial charge in [0.15, 0.2) is 0 Å². The molecule has 0 unspecified atom stereocenters. The van der Waals surface area contributed by atoms with Crippen LogP contribution in [0, 0.1) is 5.92 Å². The van der Waals surface area contributed by atoms with Gasteiger partial charge < -0.3 is 4.74 Å². The number of benzene rings is 2. The maximum absolute atomic E-state index is 13.3. The van der Waals surface area contributed by atoms with Crippen molar-refractivity contribution in [3.05, 3.63) is 63.1 Å². The molecule has 0 radical (unpaired) electrons. The van der Waals surface area contributed by atoms with Crippen LogP contribution in [0.1, 0.15) is 31.4 Å². The number of rotatable bonds is 6. The van der Waals surface area contributed by atoms with Crippen molar-refractivity contribution in [1.82, 2.24) is 10.4 Å². The van der Waals surface area contributed by atoms with E-state index in [1.54, 1.807) is 24.3 Å². The highest BCUT2D eigenvalue weighted by Crippen LogP contribution is 2.42. The van der Waals surface area contributed by atoms with E-state index in [2.05, 4.69) is 5.43 Å². The minimum absolute atomic E-state index is 0.162. The van der Waals surface area contributed by atoms with Crippen molar-refractivity contribution in [2.75, 3.05) is 25.3 Å². The average Bonchev–Trinajstić information content (AvgIpc) is 3.33. The summed E-state index contributed by atoms with van der Waals surface area (Å²) < 4.78 is 5.30. The maximum Gasteiger partial charge on any atom is 0.282 e. The first-order chi connectivity index (χ1) is 15.4. The molecule has 1 saturated heterocycles. The molecule has 0 bridgehead atoms. The molecule has 0 aliphatic carbocycles. The zero-order valence-corrected chi connectivity index (χ0v) is 20.2. The molecular weight excluding hydrogens is 471 g/mol. The summed E-state index contributed by atoms with van der Waals surface area (Å²) in [5, 5.41) is 10.1. The lowest BCUT2D eigenvalue weighted by molar-refractivity contribution is -0.120. The Balaban J connectivity index is 1.66. The summed E-state index contributed by atoms with van der Waals surface area (Å²) in [7, 11) is 1.67. The van der Waals surface area contributed by atoms with E-state index in [-0.39, 0.29) is 23.9 Å². The van der Waals surface area contributed by atoms with Gasteiger partial charge in [-0.15, -0.1) is 0 Å². The van der Waals surface area contributed by atoms with E-state index < -0.39 is 0 Å². The van der Waals surface area contributed by atoms with Crippen LogP contribution in [0.15, 0.2) is 47.6 Å². The first-order valence-electron chi connectivity index (χ1n) is 10.5. The van der Waals surface area contributed by atoms with Crippen LogP contribution in [-0.2, 0) is 9.53 Å². The first kappa shape index (κ1) is 23.3. The van der Waals surface area contributed by atoms with Gasteiger partial charge in [0.1, 0.15) is 5.71 Å². The van der Waals surface area contributed by atoms with Crippen molar-refractivity contribution < 1.29 is 9.53 Å². The number of amides is 1. The van der Waals surface area contributed by atoms with Crippen LogP contribution in [0.4, 0.5) is 5.69 Å². The summed E-state index contributed by atoms with van der Waals surface area (Å²) in [6.07, 6.45) is 1.99. The summed E-state index contributed by atoms with van der Waals surface area (Å²) in [5.41, 5.74) is 5.16. The quantitative estimate of drug-likeness (QED) is 0.587. The number of hydrogen-bond donors (Lipinski definition) is 1. The number of hydrazine groups is 1. The van der Waals surface area contributed by atoms with Gasteiger partial charge in [-0.1, -0.05) is 53.9 Å². The predicted octanol–water partition coefficient (Wildman–Crippen LogP) is 5.34. The van der Waals surface area contributed by atoms with E-state index in [0.29, 0.717) is 33.1 Å². The molecule has 1 N–H and O–H groups in total. The molecule has 3 atom stereocenters. The van der Waals surface area contributed by atoms with E-state index in [0.717, 1.165) is 24.9 Å². The highest BCUT2D eigenvalue weighted by Gasteiger charge is 2.41. The molecule has 32 heavy (non-hydrogen) atoms. The number of carbonyl (C=O) groups is 1. The molecule has 1 amide bonds. The fraction of sp³-hybridized carbons (Fsp3) is 0.391. The standard InChI is InChI=1S/C23H25Cl3N4O2/c1-14-21(23(31)28-29-11-3-4-18(29)13-32-2)27-30(20-10-9-17(25)12-19(20)26)22(14)15-5-7-16(24)8-6-15/h5-10,12,14,18,22H,3-4,11,13H2,1-2H3,(H,28,31)/t14-,18+,22+/m0/s1. The normalized spacial score (nSPS) is 23.5.